The fourth-order valence-electron chi connectivity index (χ4n) is 5.01. The molecule has 0 unspecified atom stereocenters. The van der Waals surface area contributed by atoms with Crippen molar-refractivity contribution >= 4 is 52.6 Å². The molecule has 4 N–H and O–H groups in total. The van der Waals surface area contributed by atoms with Gasteiger partial charge in [-0.15, -0.1) is 0 Å². The van der Waals surface area contributed by atoms with Gasteiger partial charge in [0.2, 0.25) is 5.91 Å². The molecule has 2 aliphatic heterocycles. The standard InChI is InChI=1S/C28H26Cl2F2N6O4/c1-42-28(41)33-14-7-8-15-19(13-14)34-21(39)6-4-2-3-5-20(26-36-24(15)25(30)37-26)38-12-11-18(35-27(38)40)22-17(31)10-9-16(29)23(22)32/h2-3,7-10,13,18,20H,4-6,11-12H2,1H3,(H,33,41)(H,34,39)(H,35,40)(H,36,37)/b3-2+/t18-,20+/m1/s1. The lowest BCUT2D eigenvalue weighted by Crippen LogP contribution is -2.49. The molecule has 42 heavy (non-hydrogen) atoms. The fourth-order valence-corrected chi connectivity index (χ4v) is 5.42. The molecule has 5 rings (SSSR count). The molecule has 4 amide bonds. The zero-order valence-electron chi connectivity index (χ0n) is 22.3. The van der Waals surface area contributed by atoms with E-state index in [1.165, 1.54) is 12.0 Å². The second-order valence-electron chi connectivity index (χ2n) is 9.71. The molecule has 0 radical (unpaired) electrons. The van der Waals surface area contributed by atoms with Gasteiger partial charge < -0.3 is 25.3 Å². The van der Waals surface area contributed by atoms with E-state index in [1.807, 2.05) is 12.2 Å². The number of carbonyl (C=O) groups excluding carboxylic acids is 3. The van der Waals surface area contributed by atoms with Crippen molar-refractivity contribution < 1.29 is 27.9 Å². The van der Waals surface area contributed by atoms with Crippen molar-refractivity contribution in [2.75, 3.05) is 24.3 Å². The number of anilines is 2. The highest BCUT2D eigenvalue weighted by atomic mass is 35.5. The average Bonchev–Trinajstić information content (AvgIpc) is 3.34. The Hall–Kier alpha value is -4.16. The van der Waals surface area contributed by atoms with Gasteiger partial charge in [-0.25, -0.2) is 23.4 Å². The molecule has 1 fully saturated rings. The zero-order chi connectivity index (χ0) is 30.0. The van der Waals surface area contributed by atoms with Crippen LogP contribution in [0.5, 0.6) is 0 Å². The number of fused-ring (bicyclic) bond motifs is 4. The second kappa shape index (κ2) is 12.4. The number of nitrogens with zero attached hydrogens (tertiary/aromatic N) is 2. The van der Waals surface area contributed by atoms with Crippen molar-refractivity contribution in [1.82, 2.24) is 20.2 Å². The number of hydrogen-bond donors (Lipinski definition) is 4. The maximum absolute atomic E-state index is 14.7. The van der Waals surface area contributed by atoms with Crippen LogP contribution in [0.4, 0.5) is 29.7 Å². The summed E-state index contributed by atoms with van der Waals surface area (Å²) < 4.78 is 33.9. The Labute approximate surface area is 249 Å². The number of nitrogens with one attached hydrogen (secondary N) is 4. The van der Waals surface area contributed by atoms with Crippen molar-refractivity contribution in [2.24, 2.45) is 0 Å². The summed E-state index contributed by atoms with van der Waals surface area (Å²) in [7, 11) is 1.24. The van der Waals surface area contributed by atoms with Gasteiger partial charge in [-0.3, -0.25) is 10.1 Å². The number of allylic oxidation sites excluding steroid dienone is 1. The number of H-pyrrole nitrogens is 1. The average molecular weight is 619 g/mol. The largest absolute Gasteiger partial charge is 0.453 e. The van der Waals surface area contributed by atoms with Gasteiger partial charge in [-0.2, -0.15) is 0 Å². The molecular weight excluding hydrogens is 593 g/mol. The van der Waals surface area contributed by atoms with E-state index in [0.717, 1.165) is 12.1 Å². The third-order valence-electron chi connectivity index (χ3n) is 7.06. The Kier molecular flexibility index (Phi) is 8.64. The van der Waals surface area contributed by atoms with Crippen LogP contribution < -0.4 is 16.0 Å². The lowest BCUT2D eigenvalue weighted by molar-refractivity contribution is -0.116. The number of urea groups is 1. The van der Waals surface area contributed by atoms with E-state index in [2.05, 4.69) is 25.7 Å². The predicted octanol–water partition coefficient (Wildman–Crippen LogP) is 6.72. The number of hydrogen-bond acceptors (Lipinski definition) is 5. The molecule has 10 nitrogen and oxygen atoms in total. The number of methoxy groups -OCH3 is 1. The van der Waals surface area contributed by atoms with Gasteiger partial charge in [-0.05, 0) is 49.6 Å². The summed E-state index contributed by atoms with van der Waals surface area (Å²) >= 11 is 12.5. The van der Waals surface area contributed by atoms with Crippen LogP contribution in [0, 0.1) is 11.6 Å². The highest BCUT2D eigenvalue weighted by Gasteiger charge is 2.36. The summed E-state index contributed by atoms with van der Waals surface area (Å²) in [5.74, 6) is -1.59. The minimum Gasteiger partial charge on any atom is -0.453 e. The first-order valence-corrected chi connectivity index (χ1v) is 13.8. The molecule has 0 saturated carbocycles. The first-order valence-electron chi connectivity index (χ1n) is 13.1. The van der Waals surface area contributed by atoms with Crippen LogP contribution in [-0.2, 0) is 9.53 Å². The molecule has 0 spiro atoms. The van der Waals surface area contributed by atoms with E-state index in [-0.39, 0.29) is 41.0 Å². The molecular formula is C28H26Cl2F2N6O4. The molecule has 3 aromatic rings. The first kappa shape index (κ1) is 29.3. The number of imidazole rings is 1. The maximum Gasteiger partial charge on any atom is 0.411 e. The van der Waals surface area contributed by atoms with Crippen LogP contribution in [0.15, 0.2) is 42.5 Å². The van der Waals surface area contributed by atoms with Crippen LogP contribution in [0.3, 0.4) is 0 Å². The van der Waals surface area contributed by atoms with Crippen LogP contribution >= 0.6 is 23.2 Å². The molecule has 2 aromatic carbocycles. The molecule has 220 valence electrons. The van der Waals surface area contributed by atoms with Crippen LogP contribution in [-0.4, -0.2) is 46.6 Å². The monoisotopic (exact) mass is 618 g/mol. The van der Waals surface area contributed by atoms with Gasteiger partial charge in [0.1, 0.15) is 28.3 Å². The Bertz CT molecular complexity index is 1580. The number of rotatable bonds is 3. The van der Waals surface area contributed by atoms with Gasteiger partial charge >= 0.3 is 12.1 Å². The molecule has 3 heterocycles. The summed E-state index contributed by atoms with van der Waals surface area (Å²) in [5.41, 5.74) is 1.24. The molecule has 2 aliphatic rings. The van der Waals surface area contributed by atoms with Gasteiger partial charge in [0.25, 0.3) is 0 Å². The van der Waals surface area contributed by atoms with Crippen LogP contribution in [0.1, 0.15) is 49.2 Å². The highest BCUT2D eigenvalue weighted by molar-refractivity contribution is 6.32. The van der Waals surface area contributed by atoms with E-state index in [4.69, 9.17) is 28.2 Å². The van der Waals surface area contributed by atoms with E-state index >= 15 is 0 Å². The summed E-state index contributed by atoms with van der Waals surface area (Å²) in [6.45, 7) is 0.160. The minimum atomic E-state index is -0.912. The summed E-state index contributed by atoms with van der Waals surface area (Å²) in [6.07, 6.45) is 4.13. The number of halogens is 4. The lowest BCUT2D eigenvalue weighted by Gasteiger charge is -2.37. The minimum absolute atomic E-state index is 0.160. The Balaban J connectivity index is 1.48. The molecule has 2 bridgehead atoms. The quantitative estimate of drug-likeness (QED) is 0.191. The third kappa shape index (κ3) is 6.04. The summed E-state index contributed by atoms with van der Waals surface area (Å²) in [4.78, 5) is 47.1. The van der Waals surface area contributed by atoms with E-state index in [9.17, 15) is 23.2 Å². The van der Waals surface area contributed by atoms with Gasteiger partial charge in [-0.1, -0.05) is 35.4 Å². The number of carbonyl (C=O) groups is 3. The molecule has 2 atom stereocenters. The van der Waals surface area contributed by atoms with E-state index < -0.39 is 35.8 Å². The van der Waals surface area contributed by atoms with Gasteiger partial charge in [0.15, 0.2) is 0 Å². The molecule has 14 heteroatoms. The Morgan fingerprint density at radius 3 is 2.74 bits per heavy atom. The maximum atomic E-state index is 14.7. The lowest BCUT2D eigenvalue weighted by atomic mass is 9.99. The van der Waals surface area contributed by atoms with Crippen LogP contribution in [0.25, 0.3) is 11.3 Å². The topological polar surface area (TPSA) is 128 Å². The van der Waals surface area contributed by atoms with Crippen molar-refractivity contribution in [3.8, 4) is 11.3 Å². The fraction of sp³-hybridized carbons (Fsp3) is 0.286. The molecule has 1 aromatic heterocycles. The number of amides is 4. The number of ether oxygens (including phenoxy) is 1. The first-order chi connectivity index (χ1) is 20.2. The van der Waals surface area contributed by atoms with Crippen molar-refractivity contribution in [2.45, 2.75) is 37.8 Å². The Morgan fingerprint density at radius 2 is 1.98 bits per heavy atom. The van der Waals surface area contributed by atoms with Gasteiger partial charge in [0.05, 0.1) is 29.9 Å². The van der Waals surface area contributed by atoms with E-state index in [1.54, 1.807) is 18.2 Å². The SMILES string of the molecule is COC(=O)Nc1ccc2c(c1)NC(=O)CC/C=C/C[C@H](N1CC[C@H](c3c(F)ccc(Cl)c3F)NC1=O)c1nc-2c(Cl)[nH]1. The molecule has 0 aliphatic carbocycles. The smallest absolute Gasteiger partial charge is 0.411 e. The highest BCUT2D eigenvalue weighted by Crippen LogP contribution is 2.38. The van der Waals surface area contributed by atoms with Crippen LogP contribution in [0.2, 0.25) is 10.2 Å². The number of benzene rings is 2. The predicted molar refractivity (Wildman–Crippen MR) is 153 cm³/mol. The zero-order valence-corrected chi connectivity index (χ0v) is 23.8. The third-order valence-corrected chi connectivity index (χ3v) is 7.63. The molecule has 1 saturated heterocycles. The summed E-state index contributed by atoms with van der Waals surface area (Å²) in [6, 6.07) is 4.94. The van der Waals surface area contributed by atoms with E-state index in [0.29, 0.717) is 41.3 Å². The Morgan fingerprint density at radius 1 is 1.17 bits per heavy atom. The normalized spacial score (nSPS) is 19.8. The van der Waals surface area contributed by atoms with Gasteiger partial charge in [0, 0.05) is 29.8 Å². The number of aromatic amines is 1. The van der Waals surface area contributed by atoms with Crippen molar-refractivity contribution in [1.29, 1.82) is 0 Å². The summed E-state index contributed by atoms with van der Waals surface area (Å²) in [5, 5.41) is 8.04. The van der Waals surface area contributed by atoms with Crippen molar-refractivity contribution in [3.63, 3.8) is 0 Å². The second-order valence-corrected chi connectivity index (χ2v) is 10.5. The van der Waals surface area contributed by atoms with Crippen molar-refractivity contribution in [3.05, 3.63) is 75.7 Å². The number of aromatic nitrogens is 2.